The zero-order valence-electron chi connectivity index (χ0n) is 31.8. The van der Waals surface area contributed by atoms with E-state index in [1.54, 1.807) is 0 Å². The molecule has 2 unspecified atom stereocenters. The Morgan fingerprint density at radius 1 is 0.649 bits per heavy atom. The number of rotatable bonds is 7. The van der Waals surface area contributed by atoms with Gasteiger partial charge in [0.25, 0.3) is 0 Å². The van der Waals surface area contributed by atoms with E-state index in [9.17, 15) is 5.26 Å². The van der Waals surface area contributed by atoms with Gasteiger partial charge in [-0.25, -0.2) is 0 Å². The van der Waals surface area contributed by atoms with Gasteiger partial charge >= 0.3 is 0 Å². The van der Waals surface area contributed by atoms with Crippen LogP contribution in [0.3, 0.4) is 0 Å². The van der Waals surface area contributed by atoms with Crippen LogP contribution in [-0.2, 0) is 5.41 Å². The van der Waals surface area contributed by atoms with Gasteiger partial charge in [0.15, 0.2) is 0 Å². The fourth-order valence-electron chi connectivity index (χ4n) is 8.60. The first-order valence-electron chi connectivity index (χ1n) is 19.4. The number of nitrogens with zero attached hydrogens (tertiary/aromatic N) is 1. The van der Waals surface area contributed by atoms with Crippen molar-refractivity contribution in [3.8, 4) is 50.6 Å². The quantitative estimate of drug-likeness (QED) is 0.142. The number of nitrogens with one attached hydrogen (secondary N) is 2. The highest BCUT2D eigenvalue weighted by Crippen LogP contribution is 2.50. The lowest BCUT2D eigenvalue weighted by atomic mass is 9.81. The molecule has 2 aliphatic rings. The van der Waals surface area contributed by atoms with Gasteiger partial charge < -0.3 is 15.5 Å². The van der Waals surface area contributed by atoms with Gasteiger partial charge in [-0.05, 0) is 103 Å². The van der Waals surface area contributed by atoms with Gasteiger partial charge in [-0.3, -0.25) is 5.32 Å². The van der Waals surface area contributed by atoms with Gasteiger partial charge in [0, 0.05) is 28.0 Å². The molecule has 10 rings (SSSR count). The average molecular weight is 737 g/mol. The van der Waals surface area contributed by atoms with Crippen LogP contribution in [0.25, 0.3) is 72.0 Å². The number of allylic oxidation sites excluding steroid dienone is 2. The second kappa shape index (κ2) is 13.6. The highest BCUT2D eigenvalue weighted by atomic mass is 16.3. The van der Waals surface area contributed by atoms with Crippen LogP contribution in [0.5, 0.6) is 0 Å². The Balaban J connectivity index is 0.866. The van der Waals surface area contributed by atoms with Gasteiger partial charge in [-0.2, -0.15) is 5.26 Å². The average Bonchev–Trinajstić information content (AvgIpc) is 3.75. The number of fused-ring (bicyclic) bond motifs is 6. The van der Waals surface area contributed by atoms with Crippen molar-refractivity contribution in [2.24, 2.45) is 5.73 Å². The Bertz CT molecular complexity index is 2950. The van der Waals surface area contributed by atoms with E-state index in [0.29, 0.717) is 5.56 Å². The summed E-state index contributed by atoms with van der Waals surface area (Å²) in [7, 11) is 0. The molecule has 8 aromatic rings. The molecule has 0 saturated heterocycles. The molecule has 0 amide bonds. The Hall–Kier alpha value is -6.97. The van der Waals surface area contributed by atoms with Crippen molar-refractivity contribution in [2.75, 3.05) is 0 Å². The molecule has 5 nitrogen and oxygen atoms in total. The van der Waals surface area contributed by atoms with Crippen molar-refractivity contribution in [3.63, 3.8) is 0 Å². The number of nitriles is 1. The first kappa shape index (κ1) is 34.5. The Kier molecular flexibility index (Phi) is 8.27. The van der Waals surface area contributed by atoms with E-state index in [4.69, 9.17) is 10.2 Å². The Morgan fingerprint density at radius 2 is 1.32 bits per heavy atom. The molecule has 0 saturated carbocycles. The van der Waals surface area contributed by atoms with Gasteiger partial charge in [0.05, 0.1) is 24.0 Å². The lowest BCUT2D eigenvalue weighted by Crippen LogP contribution is -2.44. The largest absolute Gasteiger partial charge is 0.455 e. The fourth-order valence-corrected chi connectivity index (χ4v) is 8.60. The fraction of sp³-hybridized carbons (Fsp3) is 0.0962. The predicted octanol–water partition coefficient (Wildman–Crippen LogP) is 11.8. The highest BCUT2D eigenvalue weighted by Gasteiger charge is 2.36. The molecule has 0 spiro atoms. The molecule has 1 aliphatic heterocycles. The third kappa shape index (κ3) is 6.04. The van der Waals surface area contributed by atoms with Gasteiger partial charge in [-0.15, -0.1) is 0 Å². The zero-order chi connectivity index (χ0) is 38.7. The second-order valence-corrected chi connectivity index (χ2v) is 15.6. The maximum atomic E-state index is 9.56. The molecule has 2 atom stereocenters. The minimum Gasteiger partial charge on any atom is -0.455 e. The molecule has 2 heterocycles. The number of benzene rings is 7. The third-order valence-corrected chi connectivity index (χ3v) is 11.8. The summed E-state index contributed by atoms with van der Waals surface area (Å²) in [4.78, 5) is 0. The van der Waals surface area contributed by atoms with Crippen molar-refractivity contribution in [2.45, 2.75) is 31.6 Å². The van der Waals surface area contributed by atoms with Crippen LogP contribution in [0.15, 0.2) is 174 Å². The topological polar surface area (TPSA) is 87.0 Å². The number of hydrogen-bond donors (Lipinski definition) is 3. The van der Waals surface area contributed by atoms with Crippen molar-refractivity contribution < 1.29 is 4.42 Å². The van der Waals surface area contributed by atoms with E-state index < -0.39 is 0 Å². The molecule has 57 heavy (non-hydrogen) atoms. The standard InChI is InChI=1S/C52H40N4O/c1-52(2)46-27-32(30-53)11-23-42(46)43-24-20-39(29-47(43)52)41-9-6-10-44-45-28-38(21-25-48(45)57-50(41)44)36-14-12-34(13-15-36)35-16-18-37(19-17-35)51(54)56-49-26-22-40(31-55-49)33-7-4-3-5-8-33/h3-29,31,49,51,55-56H,54H2,1-2H3. The summed E-state index contributed by atoms with van der Waals surface area (Å²) in [6, 6.07) is 55.5. The Labute approximate surface area is 332 Å². The molecule has 274 valence electrons. The van der Waals surface area contributed by atoms with Gasteiger partial charge in [-0.1, -0.05) is 141 Å². The maximum Gasteiger partial charge on any atom is 0.143 e. The number of nitrogens with two attached hydrogens (primary N) is 1. The number of furan rings is 1. The molecule has 5 heteroatoms. The molecule has 0 bridgehead atoms. The number of hydrogen-bond acceptors (Lipinski definition) is 5. The molecule has 0 radical (unpaired) electrons. The van der Waals surface area contributed by atoms with Crippen LogP contribution >= 0.6 is 0 Å². The van der Waals surface area contributed by atoms with E-state index in [2.05, 4.69) is 164 Å². The molecule has 1 aliphatic carbocycles. The van der Waals surface area contributed by atoms with Crippen LogP contribution in [-0.4, -0.2) is 6.17 Å². The third-order valence-electron chi connectivity index (χ3n) is 11.8. The van der Waals surface area contributed by atoms with Crippen molar-refractivity contribution in [1.29, 1.82) is 5.26 Å². The molecular formula is C52H40N4O. The van der Waals surface area contributed by atoms with E-state index >= 15 is 0 Å². The first-order chi connectivity index (χ1) is 27.8. The van der Waals surface area contributed by atoms with E-state index in [0.717, 1.165) is 66.5 Å². The van der Waals surface area contributed by atoms with Gasteiger partial charge in [0.1, 0.15) is 11.2 Å². The molecule has 1 aromatic heterocycles. The van der Waals surface area contributed by atoms with Crippen LogP contribution in [0.2, 0.25) is 0 Å². The predicted molar refractivity (Wildman–Crippen MR) is 233 cm³/mol. The summed E-state index contributed by atoms with van der Waals surface area (Å²) in [5.74, 6) is 0. The van der Waals surface area contributed by atoms with E-state index in [-0.39, 0.29) is 17.7 Å². The van der Waals surface area contributed by atoms with Crippen LogP contribution in [0, 0.1) is 11.3 Å². The Morgan fingerprint density at radius 3 is 2.04 bits per heavy atom. The normalized spacial score (nSPS) is 15.8. The molecule has 4 N–H and O–H groups in total. The van der Waals surface area contributed by atoms with Crippen molar-refractivity contribution in [1.82, 2.24) is 10.6 Å². The van der Waals surface area contributed by atoms with Crippen LogP contribution < -0.4 is 16.4 Å². The summed E-state index contributed by atoms with van der Waals surface area (Å²) in [6.45, 7) is 4.49. The number of dihydropyridines is 1. The summed E-state index contributed by atoms with van der Waals surface area (Å²) in [6.07, 6.45) is 5.88. The minimum atomic E-state index is -0.321. The van der Waals surface area contributed by atoms with Crippen molar-refractivity contribution in [3.05, 3.63) is 198 Å². The first-order valence-corrected chi connectivity index (χ1v) is 19.4. The van der Waals surface area contributed by atoms with Crippen molar-refractivity contribution >= 4 is 27.5 Å². The summed E-state index contributed by atoms with van der Waals surface area (Å²) in [5, 5.41) is 18.6. The lowest BCUT2D eigenvalue weighted by Gasteiger charge is -2.24. The SMILES string of the molecule is CC1(C)c2cc(C#N)ccc2-c2ccc(-c3cccc4c3oc3ccc(-c5ccc(-c6ccc(C(N)NC7C=CC(c8ccccc8)=CN7)cc6)cc5)cc34)cc21. The van der Waals surface area contributed by atoms with E-state index in [1.807, 2.05) is 36.5 Å². The van der Waals surface area contributed by atoms with Gasteiger partial charge in [0.2, 0.25) is 0 Å². The second-order valence-electron chi connectivity index (χ2n) is 15.6. The number of para-hydroxylation sites is 1. The van der Waals surface area contributed by atoms with Crippen LogP contribution in [0.4, 0.5) is 0 Å². The lowest BCUT2D eigenvalue weighted by molar-refractivity contribution is 0.466. The molecular weight excluding hydrogens is 697 g/mol. The minimum absolute atomic E-state index is 0.0572. The zero-order valence-corrected chi connectivity index (χ0v) is 31.8. The summed E-state index contributed by atoms with van der Waals surface area (Å²) >= 11 is 0. The molecule has 0 fully saturated rings. The summed E-state index contributed by atoms with van der Waals surface area (Å²) < 4.78 is 6.60. The smallest absolute Gasteiger partial charge is 0.143 e. The summed E-state index contributed by atoms with van der Waals surface area (Å²) in [5.41, 5.74) is 23.8. The maximum absolute atomic E-state index is 9.56. The molecule has 7 aromatic carbocycles. The van der Waals surface area contributed by atoms with Crippen LogP contribution in [0.1, 0.15) is 47.8 Å². The highest BCUT2D eigenvalue weighted by molar-refractivity contribution is 6.10. The monoisotopic (exact) mass is 736 g/mol. The van der Waals surface area contributed by atoms with E-state index in [1.165, 1.54) is 27.8 Å².